The van der Waals surface area contributed by atoms with Crippen LogP contribution in [0.2, 0.25) is 5.02 Å². The van der Waals surface area contributed by atoms with Crippen LogP contribution < -0.4 is 10.6 Å². The summed E-state index contributed by atoms with van der Waals surface area (Å²) in [6.45, 7) is 2.83. The first-order valence-corrected chi connectivity index (χ1v) is 7.25. The van der Waals surface area contributed by atoms with Crippen LogP contribution in [-0.2, 0) is 0 Å². The number of aromatic nitrogens is 2. The largest absolute Gasteiger partial charge is 0.354 e. The van der Waals surface area contributed by atoms with E-state index >= 15 is 0 Å². The van der Waals surface area contributed by atoms with E-state index in [2.05, 4.69) is 43.5 Å². The Bertz CT molecular complexity index is 609. The van der Waals surface area contributed by atoms with Gasteiger partial charge in [0.05, 0.1) is 11.9 Å². The maximum atomic E-state index is 13.0. The minimum Gasteiger partial charge on any atom is -0.354 e. The molecule has 0 radical (unpaired) electrons. The Labute approximate surface area is 129 Å². The standard InChI is InChI=1S/C13H13BrClFN4/c1-2-5-17-13-18-7-10(15)12(20-13)19-11-4-3-8(16)6-9(11)14/h3-4,6-7H,2,5H2,1H3,(H2,17,18,19,20). The minimum atomic E-state index is -0.318. The predicted octanol–water partition coefficient (Wildman–Crippen LogP) is 4.60. The lowest BCUT2D eigenvalue weighted by Gasteiger charge is -2.11. The highest BCUT2D eigenvalue weighted by molar-refractivity contribution is 9.10. The summed E-state index contributed by atoms with van der Waals surface area (Å²) in [7, 11) is 0. The summed E-state index contributed by atoms with van der Waals surface area (Å²) >= 11 is 9.34. The molecule has 20 heavy (non-hydrogen) atoms. The lowest BCUT2D eigenvalue weighted by molar-refractivity contribution is 0.627. The van der Waals surface area contributed by atoms with Gasteiger partial charge in [0.2, 0.25) is 5.95 Å². The van der Waals surface area contributed by atoms with E-state index in [4.69, 9.17) is 11.6 Å². The van der Waals surface area contributed by atoms with Gasteiger partial charge in [0.15, 0.2) is 5.82 Å². The van der Waals surface area contributed by atoms with Gasteiger partial charge in [-0.25, -0.2) is 9.37 Å². The van der Waals surface area contributed by atoms with Crippen molar-refractivity contribution in [3.8, 4) is 0 Å². The molecule has 0 aliphatic rings. The molecule has 2 rings (SSSR count). The van der Waals surface area contributed by atoms with Gasteiger partial charge in [-0.3, -0.25) is 0 Å². The van der Waals surface area contributed by atoms with Crippen molar-refractivity contribution >= 4 is 45.0 Å². The quantitative estimate of drug-likeness (QED) is 0.819. The highest BCUT2D eigenvalue weighted by atomic mass is 79.9. The molecular formula is C13H13BrClFN4. The average molecular weight is 360 g/mol. The molecule has 1 aromatic heterocycles. The number of hydrogen-bond donors (Lipinski definition) is 2. The van der Waals surface area contributed by atoms with E-state index < -0.39 is 0 Å². The lowest BCUT2D eigenvalue weighted by Crippen LogP contribution is -2.06. The van der Waals surface area contributed by atoms with E-state index in [9.17, 15) is 4.39 Å². The van der Waals surface area contributed by atoms with Crippen LogP contribution in [-0.4, -0.2) is 16.5 Å². The maximum Gasteiger partial charge on any atom is 0.224 e. The van der Waals surface area contributed by atoms with Crippen LogP contribution in [0.3, 0.4) is 0 Å². The molecule has 1 aromatic carbocycles. The van der Waals surface area contributed by atoms with Gasteiger partial charge in [0.1, 0.15) is 10.8 Å². The van der Waals surface area contributed by atoms with Crippen molar-refractivity contribution in [3.05, 3.63) is 39.7 Å². The highest BCUT2D eigenvalue weighted by Gasteiger charge is 2.08. The number of nitrogens with one attached hydrogen (secondary N) is 2. The predicted molar refractivity (Wildman–Crippen MR) is 83.2 cm³/mol. The Morgan fingerprint density at radius 2 is 2.20 bits per heavy atom. The molecule has 0 fully saturated rings. The van der Waals surface area contributed by atoms with Gasteiger partial charge in [-0.1, -0.05) is 18.5 Å². The lowest BCUT2D eigenvalue weighted by atomic mass is 10.3. The molecule has 0 spiro atoms. The zero-order chi connectivity index (χ0) is 14.5. The van der Waals surface area contributed by atoms with Crippen LogP contribution in [0.5, 0.6) is 0 Å². The van der Waals surface area contributed by atoms with Gasteiger partial charge in [0, 0.05) is 11.0 Å². The number of halogens is 3. The SMILES string of the molecule is CCCNc1ncc(Cl)c(Nc2ccc(F)cc2Br)n1. The maximum absolute atomic E-state index is 13.0. The molecule has 7 heteroatoms. The molecule has 0 saturated heterocycles. The van der Waals surface area contributed by atoms with E-state index in [1.807, 2.05) is 0 Å². The fourth-order valence-corrected chi connectivity index (χ4v) is 2.08. The monoisotopic (exact) mass is 358 g/mol. The van der Waals surface area contributed by atoms with Gasteiger partial charge in [-0.05, 0) is 40.5 Å². The number of nitrogens with zero attached hydrogens (tertiary/aromatic N) is 2. The second kappa shape index (κ2) is 6.85. The van der Waals surface area contributed by atoms with Crippen molar-refractivity contribution in [1.29, 1.82) is 0 Å². The summed E-state index contributed by atoms with van der Waals surface area (Å²) in [4.78, 5) is 8.38. The van der Waals surface area contributed by atoms with E-state index in [0.717, 1.165) is 13.0 Å². The summed E-state index contributed by atoms with van der Waals surface area (Å²) in [5.41, 5.74) is 0.674. The fourth-order valence-electron chi connectivity index (χ4n) is 1.50. The molecule has 0 aliphatic carbocycles. The second-order valence-electron chi connectivity index (χ2n) is 4.07. The van der Waals surface area contributed by atoms with E-state index in [-0.39, 0.29) is 5.82 Å². The van der Waals surface area contributed by atoms with Crippen LogP contribution in [0.1, 0.15) is 13.3 Å². The Morgan fingerprint density at radius 3 is 2.90 bits per heavy atom. The summed E-state index contributed by atoms with van der Waals surface area (Å²) in [6, 6.07) is 4.34. The van der Waals surface area contributed by atoms with Crippen LogP contribution in [0.4, 0.5) is 21.8 Å². The van der Waals surface area contributed by atoms with Gasteiger partial charge in [0.25, 0.3) is 0 Å². The van der Waals surface area contributed by atoms with E-state index in [1.54, 1.807) is 6.07 Å². The molecular weight excluding hydrogens is 347 g/mol. The van der Waals surface area contributed by atoms with Crippen LogP contribution in [0, 0.1) is 5.82 Å². The van der Waals surface area contributed by atoms with Crippen LogP contribution in [0.15, 0.2) is 28.9 Å². The molecule has 0 atom stereocenters. The summed E-state index contributed by atoms with van der Waals surface area (Å²) in [6.07, 6.45) is 2.49. The molecule has 2 N–H and O–H groups in total. The Kier molecular flexibility index (Phi) is 5.14. The zero-order valence-electron chi connectivity index (χ0n) is 10.8. The van der Waals surface area contributed by atoms with Crippen molar-refractivity contribution in [1.82, 2.24) is 9.97 Å². The Balaban J connectivity index is 2.23. The average Bonchev–Trinajstić information content (AvgIpc) is 2.42. The highest BCUT2D eigenvalue weighted by Crippen LogP contribution is 2.29. The molecule has 106 valence electrons. The summed E-state index contributed by atoms with van der Waals surface area (Å²) < 4.78 is 13.6. The van der Waals surface area contributed by atoms with Gasteiger partial charge >= 0.3 is 0 Å². The topological polar surface area (TPSA) is 49.8 Å². The Hall–Kier alpha value is -1.40. The summed E-state index contributed by atoms with van der Waals surface area (Å²) in [5, 5.41) is 6.52. The first-order valence-electron chi connectivity index (χ1n) is 6.08. The molecule has 0 unspecified atom stereocenters. The first-order chi connectivity index (χ1) is 9.60. The van der Waals surface area contributed by atoms with E-state index in [1.165, 1.54) is 18.3 Å². The third-order valence-electron chi connectivity index (χ3n) is 2.46. The molecule has 2 aromatic rings. The number of benzene rings is 1. The van der Waals surface area contributed by atoms with Crippen LogP contribution >= 0.6 is 27.5 Å². The van der Waals surface area contributed by atoms with Crippen molar-refractivity contribution in [2.24, 2.45) is 0 Å². The molecule has 1 heterocycles. The fraction of sp³-hybridized carbons (Fsp3) is 0.231. The summed E-state index contributed by atoms with van der Waals surface area (Å²) in [5.74, 6) is 0.645. The Morgan fingerprint density at radius 1 is 1.40 bits per heavy atom. The molecule has 0 aliphatic heterocycles. The minimum absolute atomic E-state index is 0.318. The molecule has 4 nitrogen and oxygen atoms in total. The molecule has 0 bridgehead atoms. The van der Waals surface area contributed by atoms with E-state index in [0.29, 0.717) is 26.9 Å². The number of hydrogen-bond acceptors (Lipinski definition) is 4. The second-order valence-corrected chi connectivity index (χ2v) is 5.33. The van der Waals surface area contributed by atoms with Gasteiger partial charge in [-0.2, -0.15) is 4.98 Å². The normalized spacial score (nSPS) is 10.4. The zero-order valence-corrected chi connectivity index (χ0v) is 13.1. The number of rotatable bonds is 5. The third-order valence-corrected chi connectivity index (χ3v) is 3.39. The smallest absolute Gasteiger partial charge is 0.224 e. The van der Waals surface area contributed by atoms with Crippen molar-refractivity contribution in [3.63, 3.8) is 0 Å². The number of anilines is 3. The van der Waals surface area contributed by atoms with Crippen molar-refractivity contribution in [2.75, 3.05) is 17.2 Å². The molecule has 0 saturated carbocycles. The first kappa shape index (κ1) is 15.0. The van der Waals surface area contributed by atoms with Crippen molar-refractivity contribution in [2.45, 2.75) is 13.3 Å². The molecule has 0 amide bonds. The van der Waals surface area contributed by atoms with Crippen LogP contribution in [0.25, 0.3) is 0 Å². The third kappa shape index (κ3) is 3.80. The van der Waals surface area contributed by atoms with Crippen molar-refractivity contribution < 1.29 is 4.39 Å². The van der Waals surface area contributed by atoms with Gasteiger partial charge < -0.3 is 10.6 Å². The van der Waals surface area contributed by atoms with Gasteiger partial charge in [-0.15, -0.1) is 0 Å².